The van der Waals surface area contributed by atoms with Gasteiger partial charge in [-0.25, -0.2) is 0 Å². The number of ether oxygens (including phenoxy) is 1. The van der Waals surface area contributed by atoms with Gasteiger partial charge in [0, 0.05) is 5.02 Å². The monoisotopic (exact) mass is 314 g/mol. The van der Waals surface area contributed by atoms with Crippen LogP contribution in [0.15, 0.2) is 54.1 Å². The fourth-order valence-corrected chi connectivity index (χ4v) is 2.39. The Labute approximate surface area is 138 Å². The Morgan fingerprint density at radius 1 is 1.09 bits per heavy atom. The lowest BCUT2D eigenvalue weighted by Crippen LogP contribution is -2.02. The molecule has 0 N–H and O–H groups in total. The molecule has 0 fully saturated rings. The Kier molecular flexibility index (Phi) is 6.54. The van der Waals surface area contributed by atoms with Crippen molar-refractivity contribution in [3.63, 3.8) is 0 Å². The van der Waals surface area contributed by atoms with Gasteiger partial charge in [-0.05, 0) is 60.7 Å². The van der Waals surface area contributed by atoms with E-state index in [9.17, 15) is 0 Å². The summed E-state index contributed by atoms with van der Waals surface area (Å²) in [4.78, 5) is 0. The number of halogens is 1. The predicted octanol–water partition coefficient (Wildman–Crippen LogP) is 6.30. The number of hydrogen-bond donors (Lipinski definition) is 0. The molecule has 2 aromatic carbocycles. The van der Waals surface area contributed by atoms with E-state index in [2.05, 4.69) is 44.2 Å². The van der Waals surface area contributed by atoms with Gasteiger partial charge in [0.1, 0.15) is 12.4 Å². The lowest BCUT2D eigenvalue weighted by Gasteiger charge is -2.11. The second-order valence-electron chi connectivity index (χ2n) is 5.51. The van der Waals surface area contributed by atoms with Crippen molar-refractivity contribution in [1.82, 2.24) is 0 Å². The molecule has 0 aliphatic heterocycles. The van der Waals surface area contributed by atoms with Crippen molar-refractivity contribution in [1.29, 1.82) is 0 Å². The lowest BCUT2D eigenvalue weighted by atomic mass is 10.0. The first kappa shape index (κ1) is 16.6. The van der Waals surface area contributed by atoms with Crippen molar-refractivity contribution in [2.45, 2.75) is 33.1 Å². The van der Waals surface area contributed by atoms with E-state index in [0.29, 0.717) is 6.61 Å². The van der Waals surface area contributed by atoms with E-state index in [1.165, 1.54) is 29.5 Å². The van der Waals surface area contributed by atoms with Gasteiger partial charge in [0.2, 0.25) is 0 Å². The highest BCUT2D eigenvalue weighted by atomic mass is 35.5. The highest BCUT2D eigenvalue weighted by Gasteiger charge is 2.02. The van der Waals surface area contributed by atoms with Crippen LogP contribution in [0.4, 0.5) is 0 Å². The van der Waals surface area contributed by atoms with E-state index >= 15 is 0 Å². The maximum Gasteiger partial charge on any atom is 0.119 e. The van der Waals surface area contributed by atoms with Crippen LogP contribution in [0.2, 0.25) is 5.02 Å². The molecule has 22 heavy (non-hydrogen) atoms. The molecule has 0 saturated heterocycles. The number of unbranched alkanes of at least 4 members (excludes halogenated alkanes) is 1. The van der Waals surface area contributed by atoms with Crippen LogP contribution in [-0.2, 0) is 0 Å². The molecule has 0 heterocycles. The van der Waals surface area contributed by atoms with E-state index < -0.39 is 0 Å². The third-order valence-electron chi connectivity index (χ3n) is 3.64. The fourth-order valence-electron chi connectivity index (χ4n) is 2.27. The summed E-state index contributed by atoms with van der Waals surface area (Å²) >= 11 is 5.90. The molecule has 116 valence electrons. The second kappa shape index (κ2) is 8.65. The maximum atomic E-state index is 5.91. The van der Waals surface area contributed by atoms with Crippen LogP contribution in [-0.4, -0.2) is 6.61 Å². The lowest BCUT2D eigenvalue weighted by molar-refractivity contribution is 0.347. The Bertz CT molecular complexity index is 614. The number of hydrogen-bond acceptors (Lipinski definition) is 1. The first-order chi connectivity index (χ1) is 10.7. The molecule has 0 bridgehead atoms. The molecule has 0 atom stereocenters. The van der Waals surface area contributed by atoms with E-state index in [1.807, 2.05) is 24.3 Å². The first-order valence-corrected chi connectivity index (χ1v) is 8.20. The van der Waals surface area contributed by atoms with Gasteiger partial charge >= 0.3 is 0 Å². The molecule has 2 rings (SSSR count). The molecular weight excluding hydrogens is 292 g/mol. The van der Waals surface area contributed by atoms with E-state index in [4.69, 9.17) is 16.3 Å². The quantitative estimate of drug-likeness (QED) is 0.582. The van der Waals surface area contributed by atoms with Gasteiger partial charge in [0.05, 0.1) is 0 Å². The summed E-state index contributed by atoms with van der Waals surface area (Å²) in [6.45, 7) is 4.98. The Morgan fingerprint density at radius 2 is 1.82 bits per heavy atom. The van der Waals surface area contributed by atoms with Crippen LogP contribution in [0.25, 0.3) is 6.08 Å². The van der Waals surface area contributed by atoms with Crippen LogP contribution in [0, 0.1) is 6.92 Å². The van der Waals surface area contributed by atoms with E-state index in [-0.39, 0.29) is 0 Å². The summed E-state index contributed by atoms with van der Waals surface area (Å²) in [5.41, 5.74) is 3.89. The van der Waals surface area contributed by atoms with Crippen LogP contribution in [0.3, 0.4) is 0 Å². The smallest absolute Gasteiger partial charge is 0.119 e. The van der Waals surface area contributed by atoms with Crippen LogP contribution < -0.4 is 4.74 Å². The summed E-state index contributed by atoms with van der Waals surface area (Å²) in [7, 11) is 0. The zero-order valence-corrected chi connectivity index (χ0v) is 14.1. The average Bonchev–Trinajstić information content (AvgIpc) is 2.53. The molecule has 0 spiro atoms. The molecule has 0 saturated carbocycles. The summed E-state index contributed by atoms with van der Waals surface area (Å²) in [5, 5.41) is 0.731. The van der Waals surface area contributed by atoms with Crippen molar-refractivity contribution in [2.75, 3.05) is 6.61 Å². The standard InChI is InChI=1S/C20H23ClO/c1-3-4-8-17(14-18-9-6-5-7-16(18)2)15-22-20-12-10-19(21)11-13-20/h5-7,9-14H,3-4,8,15H2,1-2H3/b17-14+. The molecule has 0 aliphatic carbocycles. The van der Waals surface area contributed by atoms with Crippen molar-refractivity contribution >= 4 is 17.7 Å². The molecule has 2 aromatic rings. The van der Waals surface area contributed by atoms with Crippen LogP contribution in [0.1, 0.15) is 37.3 Å². The Morgan fingerprint density at radius 3 is 2.50 bits per heavy atom. The molecule has 0 aromatic heterocycles. The van der Waals surface area contributed by atoms with Gasteiger partial charge in [-0.3, -0.25) is 0 Å². The SMILES string of the molecule is CCCC/C(=C\c1ccccc1C)COc1ccc(Cl)cc1. The highest BCUT2D eigenvalue weighted by Crippen LogP contribution is 2.20. The Balaban J connectivity index is 2.08. The molecule has 1 nitrogen and oxygen atoms in total. The molecule has 2 heteroatoms. The van der Waals surface area contributed by atoms with Crippen LogP contribution in [0.5, 0.6) is 5.75 Å². The third-order valence-corrected chi connectivity index (χ3v) is 3.89. The molecule has 0 radical (unpaired) electrons. The molecule has 0 aliphatic rings. The van der Waals surface area contributed by atoms with Gasteiger partial charge in [-0.2, -0.15) is 0 Å². The van der Waals surface area contributed by atoms with Gasteiger partial charge in [0.15, 0.2) is 0 Å². The van der Waals surface area contributed by atoms with Gasteiger partial charge in [0.25, 0.3) is 0 Å². The zero-order valence-electron chi connectivity index (χ0n) is 13.3. The summed E-state index contributed by atoms with van der Waals surface area (Å²) in [6, 6.07) is 16.0. The third kappa shape index (κ3) is 5.23. The summed E-state index contributed by atoms with van der Waals surface area (Å²) in [5.74, 6) is 0.858. The van der Waals surface area contributed by atoms with E-state index in [1.54, 1.807) is 0 Å². The number of benzene rings is 2. The first-order valence-electron chi connectivity index (χ1n) is 7.82. The fraction of sp³-hybridized carbons (Fsp3) is 0.300. The van der Waals surface area contributed by atoms with Crippen molar-refractivity contribution in [3.8, 4) is 5.75 Å². The van der Waals surface area contributed by atoms with Gasteiger partial charge in [-0.15, -0.1) is 0 Å². The van der Waals surface area contributed by atoms with Crippen molar-refractivity contribution < 1.29 is 4.74 Å². The summed E-state index contributed by atoms with van der Waals surface area (Å²) < 4.78 is 5.91. The minimum absolute atomic E-state index is 0.621. The number of aryl methyl sites for hydroxylation is 1. The zero-order chi connectivity index (χ0) is 15.8. The molecule has 0 unspecified atom stereocenters. The van der Waals surface area contributed by atoms with Gasteiger partial charge in [-0.1, -0.05) is 55.3 Å². The van der Waals surface area contributed by atoms with Crippen LogP contribution >= 0.6 is 11.6 Å². The molecular formula is C20H23ClO. The highest BCUT2D eigenvalue weighted by molar-refractivity contribution is 6.30. The second-order valence-corrected chi connectivity index (χ2v) is 5.94. The maximum absolute atomic E-state index is 5.91. The Hall–Kier alpha value is -1.73. The topological polar surface area (TPSA) is 9.23 Å². The minimum Gasteiger partial charge on any atom is -0.489 e. The average molecular weight is 315 g/mol. The predicted molar refractivity (Wildman–Crippen MR) is 95.6 cm³/mol. The number of rotatable bonds is 7. The van der Waals surface area contributed by atoms with Gasteiger partial charge < -0.3 is 4.74 Å². The van der Waals surface area contributed by atoms with E-state index in [0.717, 1.165) is 17.2 Å². The minimum atomic E-state index is 0.621. The molecule has 0 amide bonds. The normalized spacial score (nSPS) is 11.5. The largest absolute Gasteiger partial charge is 0.489 e. The van der Waals surface area contributed by atoms with Crippen molar-refractivity contribution in [3.05, 3.63) is 70.3 Å². The summed E-state index contributed by atoms with van der Waals surface area (Å²) in [6.07, 6.45) is 5.70. The van der Waals surface area contributed by atoms with Crippen molar-refractivity contribution in [2.24, 2.45) is 0 Å².